The molecule has 1 atom stereocenters. The number of carbonyl (C=O) groups excluding carboxylic acids is 1. The molecule has 0 bridgehead atoms. The summed E-state index contributed by atoms with van der Waals surface area (Å²) < 4.78 is 4.99. The van der Waals surface area contributed by atoms with E-state index in [4.69, 9.17) is 4.52 Å². The first-order valence-electron chi connectivity index (χ1n) is 6.38. The molecule has 18 heavy (non-hydrogen) atoms. The van der Waals surface area contributed by atoms with Gasteiger partial charge in [0.2, 0.25) is 11.8 Å². The monoisotopic (exact) mass is 252 g/mol. The Balaban J connectivity index is 1.77. The van der Waals surface area contributed by atoms with Crippen LogP contribution in [0.15, 0.2) is 4.52 Å². The predicted octanol–water partition coefficient (Wildman–Crippen LogP) is 0.426. The number of rotatable bonds is 4. The van der Waals surface area contributed by atoms with Crippen LogP contribution in [0.3, 0.4) is 0 Å². The number of piperidine rings is 1. The van der Waals surface area contributed by atoms with Gasteiger partial charge in [-0.1, -0.05) is 5.16 Å². The van der Waals surface area contributed by atoms with Crippen molar-refractivity contribution >= 4 is 5.91 Å². The van der Waals surface area contributed by atoms with Crippen molar-refractivity contribution < 1.29 is 9.32 Å². The average Bonchev–Trinajstić information content (AvgIpc) is 2.76. The Kier molecular flexibility index (Phi) is 3.96. The van der Waals surface area contributed by atoms with Gasteiger partial charge in [-0.2, -0.15) is 4.98 Å². The summed E-state index contributed by atoms with van der Waals surface area (Å²) in [6, 6.07) is 0. The first kappa shape index (κ1) is 13.0. The Morgan fingerprint density at radius 3 is 3.06 bits per heavy atom. The van der Waals surface area contributed by atoms with Crippen molar-refractivity contribution in [1.82, 2.24) is 20.8 Å². The molecular formula is C12H20N4O2. The largest absolute Gasteiger partial charge is 0.355 e. The van der Waals surface area contributed by atoms with Gasteiger partial charge in [0.25, 0.3) is 0 Å². The van der Waals surface area contributed by atoms with Crippen LogP contribution in [-0.4, -0.2) is 35.7 Å². The highest BCUT2D eigenvalue weighted by Crippen LogP contribution is 2.25. The summed E-state index contributed by atoms with van der Waals surface area (Å²) in [6.07, 6.45) is 2.56. The second kappa shape index (κ2) is 5.48. The van der Waals surface area contributed by atoms with Crippen LogP contribution in [0.2, 0.25) is 0 Å². The van der Waals surface area contributed by atoms with Crippen molar-refractivity contribution in [2.45, 2.75) is 33.1 Å². The summed E-state index contributed by atoms with van der Waals surface area (Å²) in [4.78, 5) is 16.2. The third kappa shape index (κ3) is 3.07. The number of aromatic nitrogens is 2. The van der Waals surface area contributed by atoms with Crippen LogP contribution >= 0.6 is 0 Å². The summed E-state index contributed by atoms with van der Waals surface area (Å²) in [6.45, 7) is 6.07. The Morgan fingerprint density at radius 1 is 1.61 bits per heavy atom. The lowest BCUT2D eigenvalue weighted by Gasteiger charge is -2.32. The molecule has 1 fully saturated rings. The molecule has 6 nitrogen and oxygen atoms in total. The molecule has 0 saturated carbocycles. The maximum Gasteiger partial charge on any atom is 0.228 e. The number of nitrogens with zero attached hydrogens (tertiary/aromatic N) is 2. The van der Waals surface area contributed by atoms with Gasteiger partial charge in [0.05, 0.1) is 5.41 Å². The number of hydrogen-bond donors (Lipinski definition) is 2. The Morgan fingerprint density at radius 2 is 2.44 bits per heavy atom. The van der Waals surface area contributed by atoms with Crippen LogP contribution in [-0.2, 0) is 11.2 Å². The van der Waals surface area contributed by atoms with Crippen LogP contribution in [0.5, 0.6) is 0 Å². The fraction of sp³-hybridized carbons (Fsp3) is 0.750. The fourth-order valence-corrected chi connectivity index (χ4v) is 2.19. The number of amides is 1. The van der Waals surface area contributed by atoms with E-state index in [-0.39, 0.29) is 11.3 Å². The van der Waals surface area contributed by atoms with E-state index in [0.29, 0.717) is 24.7 Å². The highest BCUT2D eigenvalue weighted by atomic mass is 16.5. The minimum Gasteiger partial charge on any atom is -0.355 e. The number of aryl methyl sites for hydroxylation is 1. The number of nitrogens with one attached hydrogen (secondary N) is 2. The highest BCUT2D eigenvalue weighted by Gasteiger charge is 2.34. The predicted molar refractivity (Wildman–Crippen MR) is 66.0 cm³/mol. The molecule has 1 aliphatic rings. The molecule has 6 heteroatoms. The molecule has 2 heterocycles. The molecule has 100 valence electrons. The van der Waals surface area contributed by atoms with Gasteiger partial charge in [0, 0.05) is 19.5 Å². The third-order valence-electron chi connectivity index (χ3n) is 3.34. The van der Waals surface area contributed by atoms with Gasteiger partial charge in [-0.25, -0.2) is 0 Å². The zero-order valence-corrected chi connectivity index (χ0v) is 11.0. The first-order chi connectivity index (χ1) is 8.60. The standard InChI is InChI=1S/C12H20N4O2/c1-9-15-10(18-16-9)4-7-14-11(17)12(2)5-3-6-13-8-12/h13H,3-8H2,1-2H3,(H,14,17). The lowest BCUT2D eigenvalue weighted by molar-refractivity contribution is -0.131. The molecule has 1 unspecified atom stereocenters. The average molecular weight is 252 g/mol. The molecule has 0 aromatic carbocycles. The molecule has 0 spiro atoms. The van der Waals surface area contributed by atoms with Gasteiger partial charge in [0.15, 0.2) is 5.82 Å². The van der Waals surface area contributed by atoms with Gasteiger partial charge in [-0.3, -0.25) is 4.79 Å². The van der Waals surface area contributed by atoms with E-state index in [0.717, 1.165) is 25.9 Å². The Labute approximate surface area is 107 Å². The third-order valence-corrected chi connectivity index (χ3v) is 3.34. The lowest BCUT2D eigenvalue weighted by atomic mass is 9.82. The van der Waals surface area contributed by atoms with Crippen molar-refractivity contribution in [3.63, 3.8) is 0 Å². The quantitative estimate of drug-likeness (QED) is 0.812. The molecule has 1 amide bonds. The van der Waals surface area contributed by atoms with Crippen LogP contribution in [0, 0.1) is 12.3 Å². The molecule has 1 aromatic rings. The number of carbonyl (C=O) groups is 1. The van der Waals surface area contributed by atoms with Crippen LogP contribution in [0.4, 0.5) is 0 Å². The van der Waals surface area contributed by atoms with Crippen LogP contribution in [0.25, 0.3) is 0 Å². The second-order valence-corrected chi connectivity index (χ2v) is 5.08. The van der Waals surface area contributed by atoms with Gasteiger partial charge in [-0.05, 0) is 33.2 Å². The molecular weight excluding hydrogens is 232 g/mol. The summed E-state index contributed by atoms with van der Waals surface area (Å²) >= 11 is 0. The SMILES string of the molecule is Cc1noc(CCNC(=O)C2(C)CCCNC2)n1. The first-order valence-corrected chi connectivity index (χ1v) is 6.38. The molecule has 1 aliphatic heterocycles. The molecule has 0 radical (unpaired) electrons. The van der Waals surface area contributed by atoms with E-state index in [9.17, 15) is 4.79 Å². The fourth-order valence-electron chi connectivity index (χ4n) is 2.19. The van der Waals surface area contributed by atoms with Gasteiger partial charge in [0.1, 0.15) is 0 Å². The van der Waals surface area contributed by atoms with E-state index >= 15 is 0 Å². The maximum atomic E-state index is 12.1. The van der Waals surface area contributed by atoms with Crippen LogP contribution in [0.1, 0.15) is 31.5 Å². The zero-order valence-electron chi connectivity index (χ0n) is 11.0. The molecule has 1 saturated heterocycles. The summed E-state index contributed by atoms with van der Waals surface area (Å²) in [5.41, 5.74) is -0.289. The van der Waals surface area contributed by atoms with E-state index in [1.54, 1.807) is 6.92 Å². The van der Waals surface area contributed by atoms with E-state index in [2.05, 4.69) is 20.8 Å². The highest BCUT2D eigenvalue weighted by molar-refractivity contribution is 5.82. The van der Waals surface area contributed by atoms with Gasteiger partial charge in [-0.15, -0.1) is 0 Å². The Hall–Kier alpha value is -1.43. The summed E-state index contributed by atoms with van der Waals surface area (Å²) in [7, 11) is 0. The minimum atomic E-state index is -0.289. The summed E-state index contributed by atoms with van der Waals surface area (Å²) in [5, 5.41) is 9.92. The van der Waals surface area contributed by atoms with Gasteiger partial charge < -0.3 is 15.2 Å². The van der Waals surface area contributed by atoms with E-state index < -0.39 is 0 Å². The molecule has 2 N–H and O–H groups in total. The van der Waals surface area contributed by atoms with Gasteiger partial charge >= 0.3 is 0 Å². The van der Waals surface area contributed by atoms with Crippen molar-refractivity contribution in [2.24, 2.45) is 5.41 Å². The smallest absolute Gasteiger partial charge is 0.228 e. The topological polar surface area (TPSA) is 80.0 Å². The zero-order chi connectivity index (χ0) is 13.0. The van der Waals surface area contributed by atoms with Crippen molar-refractivity contribution in [3.05, 3.63) is 11.7 Å². The molecule has 1 aromatic heterocycles. The molecule has 2 rings (SSSR count). The summed E-state index contributed by atoms with van der Waals surface area (Å²) in [5.74, 6) is 1.30. The lowest BCUT2D eigenvalue weighted by Crippen LogP contribution is -2.49. The van der Waals surface area contributed by atoms with E-state index in [1.165, 1.54) is 0 Å². The Bertz CT molecular complexity index is 410. The van der Waals surface area contributed by atoms with Crippen LogP contribution < -0.4 is 10.6 Å². The van der Waals surface area contributed by atoms with Crippen molar-refractivity contribution in [1.29, 1.82) is 0 Å². The maximum absolute atomic E-state index is 12.1. The number of hydrogen-bond acceptors (Lipinski definition) is 5. The second-order valence-electron chi connectivity index (χ2n) is 5.08. The van der Waals surface area contributed by atoms with Crippen molar-refractivity contribution in [3.8, 4) is 0 Å². The van der Waals surface area contributed by atoms with Crippen molar-refractivity contribution in [2.75, 3.05) is 19.6 Å². The normalized spacial score (nSPS) is 23.9. The van der Waals surface area contributed by atoms with E-state index in [1.807, 2.05) is 6.92 Å². The minimum absolute atomic E-state index is 0.103. The molecule has 0 aliphatic carbocycles.